The van der Waals surface area contributed by atoms with Crippen LogP contribution in [0.15, 0.2) is 41.7 Å². The fourth-order valence-corrected chi connectivity index (χ4v) is 2.04. The number of guanidine groups is 1. The first-order valence-corrected chi connectivity index (χ1v) is 7.81. The van der Waals surface area contributed by atoms with Crippen LogP contribution >= 0.6 is 0 Å². The van der Waals surface area contributed by atoms with Crippen molar-refractivity contribution in [2.45, 2.75) is 26.4 Å². The van der Waals surface area contributed by atoms with Crippen LogP contribution in [0.4, 0.5) is 0 Å². The lowest BCUT2D eigenvalue weighted by atomic mass is 10.3. The summed E-state index contributed by atoms with van der Waals surface area (Å²) >= 11 is 0. The molecule has 0 saturated heterocycles. The Hall–Kier alpha value is -2.57. The fraction of sp³-hybridized carbons (Fsp3) is 0.438. The van der Waals surface area contributed by atoms with Gasteiger partial charge < -0.3 is 15.4 Å². The molecule has 0 aromatic carbocycles. The maximum absolute atomic E-state index is 5.12. The van der Waals surface area contributed by atoms with Gasteiger partial charge in [-0.2, -0.15) is 5.10 Å². The number of aliphatic imine (C=N–C) groups is 1. The Labute approximate surface area is 136 Å². The predicted octanol–water partition coefficient (Wildman–Crippen LogP) is 1.43. The molecule has 2 heterocycles. The molecule has 0 atom stereocenters. The van der Waals surface area contributed by atoms with E-state index in [0.29, 0.717) is 12.4 Å². The zero-order chi connectivity index (χ0) is 16.3. The van der Waals surface area contributed by atoms with Gasteiger partial charge in [0.15, 0.2) is 5.96 Å². The van der Waals surface area contributed by atoms with Crippen molar-refractivity contribution < 1.29 is 4.74 Å². The van der Waals surface area contributed by atoms with Crippen molar-refractivity contribution in [3.05, 3.63) is 42.4 Å². The molecule has 7 heteroatoms. The van der Waals surface area contributed by atoms with E-state index in [1.807, 2.05) is 42.1 Å². The van der Waals surface area contributed by atoms with Gasteiger partial charge in [0, 0.05) is 38.1 Å². The molecule has 0 amide bonds. The SMILES string of the molecule is CCNC(=NCc1cccc(OC)n1)NCCCn1cccn1. The average molecular weight is 316 g/mol. The van der Waals surface area contributed by atoms with Crippen molar-refractivity contribution in [2.75, 3.05) is 20.2 Å². The molecule has 2 N–H and O–H groups in total. The van der Waals surface area contributed by atoms with Crippen molar-refractivity contribution in [2.24, 2.45) is 4.99 Å². The topological polar surface area (TPSA) is 76.4 Å². The quantitative estimate of drug-likeness (QED) is 0.438. The Morgan fingerprint density at radius 3 is 2.96 bits per heavy atom. The molecule has 0 unspecified atom stereocenters. The smallest absolute Gasteiger partial charge is 0.213 e. The monoisotopic (exact) mass is 316 g/mol. The minimum atomic E-state index is 0.506. The first-order chi connectivity index (χ1) is 11.3. The zero-order valence-corrected chi connectivity index (χ0v) is 13.7. The van der Waals surface area contributed by atoms with Crippen LogP contribution in [0.25, 0.3) is 0 Å². The van der Waals surface area contributed by atoms with Gasteiger partial charge in [-0.05, 0) is 25.5 Å². The van der Waals surface area contributed by atoms with E-state index in [4.69, 9.17) is 4.74 Å². The van der Waals surface area contributed by atoms with E-state index in [2.05, 4.69) is 25.7 Å². The summed E-state index contributed by atoms with van der Waals surface area (Å²) in [5.41, 5.74) is 0.873. The lowest BCUT2D eigenvalue weighted by Gasteiger charge is -2.11. The summed E-state index contributed by atoms with van der Waals surface area (Å²) < 4.78 is 7.05. The van der Waals surface area contributed by atoms with Gasteiger partial charge in [-0.15, -0.1) is 0 Å². The second-order valence-electron chi connectivity index (χ2n) is 4.92. The molecular formula is C16H24N6O. The van der Waals surface area contributed by atoms with Gasteiger partial charge in [0.05, 0.1) is 19.3 Å². The van der Waals surface area contributed by atoms with E-state index in [9.17, 15) is 0 Å². The molecule has 0 radical (unpaired) electrons. The third-order valence-electron chi connectivity index (χ3n) is 3.15. The van der Waals surface area contributed by atoms with Crippen LogP contribution < -0.4 is 15.4 Å². The van der Waals surface area contributed by atoms with Crippen molar-refractivity contribution >= 4 is 5.96 Å². The largest absolute Gasteiger partial charge is 0.481 e. The van der Waals surface area contributed by atoms with Crippen LogP contribution in [0.3, 0.4) is 0 Å². The molecule has 2 rings (SSSR count). The summed E-state index contributed by atoms with van der Waals surface area (Å²) in [5.74, 6) is 1.40. The molecule has 0 aliphatic rings. The van der Waals surface area contributed by atoms with Gasteiger partial charge in [0.25, 0.3) is 0 Å². The van der Waals surface area contributed by atoms with Gasteiger partial charge in [0.2, 0.25) is 5.88 Å². The standard InChI is InChI=1S/C16H24N6O/c1-3-17-16(18-9-5-11-22-12-6-10-20-22)19-13-14-7-4-8-15(21-14)23-2/h4,6-8,10,12H,3,5,9,11,13H2,1-2H3,(H2,17,18,19). The maximum Gasteiger partial charge on any atom is 0.213 e. The van der Waals surface area contributed by atoms with Gasteiger partial charge >= 0.3 is 0 Å². The third kappa shape index (κ3) is 5.98. The molecule has 0 aliphatic heterocycles. The molecular weight excluding hydrogens is 292 g/mol. The van der Waals surface area contributed by atoms with Gasteiger partial charge in [-0.1, -0.05) is 6.07 Å². The molecule has 7 nitrogen and oxygen atoms in total. The van der Waals surface area contributed by atoms with E-state index >= 15 is 0 Å². The number of hydrogen-bond donors (Lipinski definition) is 2. The van der Waals surface area contributed by atoms with Crippen LogP contribution in [0, 0.1) is 0 Å². The van der Waals surface area contributed by atoms with Crippen molar-refractivity contribution in [3.8, 4) is 5.88 Å². The minimum Gasteiger partial charge on any atom is -0.481 e. The Balaban J connectivity index is 1.81. The summed E-state index contributed by atoms with van der Waals surface area (Å²) in [4.78, 5) is 8.90. The number of pyridine rings is 1. The molecule has 23 heavy (non-hydrogen) atoms. The van der Waals surface area contributed by atoms with Crippen LogP contribution in [0.2, 0.25) is 0 Å². The van der Waals surface area contributed by atoms with E-state index in [-0.39, 0.29) is 0 Å². The Morgan fingerprint density at radius 1 is 1.30 bits per heavy atom. The number of rotatable bonds is 8. The molecule has 0 saturated carbocycles. The Kier molecular flexibility index (Phi) is 6.90. The molecule has 0 bridgehead atoms. The molecule has 124 valence electrons. The third-order valence-corrected chi connectivity index (χ3v) is 3.15. The molecule has 0 fully saturated rings. The van der Waals surface area contributed by atoms with E-state index < -0.39 is 0 Å². The van der Waals surface area contributed by atoms with Gasteiger partial charge in [-0.25, -0.2) is 9.98 Å². The summed E-state index contributed by atoms with van der Waals surface area (Å²) in [6, 6.07) is 7.61. The molecule has 2 aromatic rings. The maximum atomic E-state index is 5.12. The Bertz CT molecular complexity index is 596. The second kappa shape index (κ2) is 9.45. The lowest BCUT2D eigenvalue weighted by Crippen LogP contribution is -2.38. The van der Waals surface area contributed by atoms with Crippen LogP contribution in [-0.2, 0) is 13.1 Å². The number of aromatic nitrogens is 3. The van der Waals surface area contributed by atoms with E-state index in [1.54, 1.807) is 13.3 Å². The molecule has 0 aliphatic carbocycles. The summed E-state index contributed by atoms with van der Waals surface area (Å²) in [5, 5.41) is 10.7. The summed E-state index contributed by atoms with van der Waals surface area (Å²) in [6.07, 6.45) is 4.73. The van der Waals surface area contributed by atoms with Crippen molar-refractivity contribution in [1.29, 1.82) is 0 Å². The van der Waals surface area contributed by atoms with Crippen LogP contribution in [-0.4, -0.2) is 40.9 Å². The van der Waals surface area contributed by atoms with Crippen LogP contribution in [0.5, 0.6) is 5.88 Å². The number of nitrogens with one attached hydrogen (secondary N) is 2. The highest BCUT2D eigenvalue weighted by Gasteiger charge is 2.00. The molecule has 2 aromatic heterocycles. The number of ether oxygens (including phenoxy) is 1. The highest BCUT2D eigenvalue weighted by molar-refractivity contribution is 5.79. The number of methoxy groups -OCH3 is 1. The highest BCUT2D eigenvalue weighted by Crippen LogP contribution is 2.07. The summed E-state index contributed by atoms with van der Waals surface area (Å²) in [6.45, 7) is 5.08. The number of nitrogens with zero attached hydrogens (tertiary/aromatic N) is 4. The van der Waals surface area contributed by atoms with Crippen molar-refractivity contribution in [1.82, 2.24) is 25.4 Å². The first kappa shape index (κ1) is 16.8. The van der Waals surface area contributed by atoms with E-state index in [0.717, 1.165) is 37.7 Å². The fourth-order valence-electron chi connectivity index (χ4n) is 2.04. The van der Waals surface area contributed by atoms with E-state index in [1.165, 1.54) is 0 Å². The second-order valence-corrected chi connectivity index (χ2v) is 4.92. The predicted molar refractivity (Wildman–Crippen MR) is 90.5 cm³/mol. The first-order valence-electron chi connectivity index (χ1n) is 7.81. The Morgan fingerprint density at radius 2 is 2.22 bits per heavy atom. The number of hydrogen-bond acceptors (Lipinski definition) is 4. The number of aryl methyl sites for hydroxylation is 1. The average Bonchev–Trinajstić information content (AvgIpc) is 3.10. The normalized spacial score (nSPS) is 11.3. The van der Waals surface area contributed by atoms with Crippen molar-refractivity contribution in [3.63, 3.8) is 0 Å². The van der Waals surface area contributed by atoms with Crippen LogP contribution in [0.1, 0.15) is 19.0 Å². The zero-order valence-electron chi connectivity index (χ0n) is 13.7. The lowest BCUT2D eigenvalue weighted by molar-refractivity contribution is 0.396. The van der Waals surface area contributed by atoms with Gasteiger partial charge in [0.1, 0.15) is 0 Å². The van der Waals surface area contributed by atoms with Gasteiger partial charge in [-0.3, -0.25) is 4.68 Å². The summed E-state index contributed by atoms with van der Waals surface area (Å²) in [7, 11) is 1.61. The highest BCUT2D eigenvalue weighted by atomic mass is 16.5. The minimum absolute atomic E-state index is 0.506. The molecule has 0 spiro atoms.